The van der Waals surface area contributed by atoms with Gasteiger partial charge in [0.2, 0.25) is 0 Å². The van der Waals surface area contributed by atoms with Crippen LogP contribution in [0.5, 0.6) is 5.75 Å². The average Bonchev–Trinajstić information content (AvgIpc) is 2.98. The number of benzene rings is 3. The number of piperidine rings is 1. The molecular weight excluding hydrogens is 524 g/mol. The molecule has 0 N–H and O–H groups in total. The van der Waals surface area contributed by atoms with Crippen LogP contribution < -0.4 is 4.74 Å². The lowest BCUT2D eigenvalue weighted by Gasteiger charge is -2.60. The van der Waals surface area contributed by atoms with E-state index >= 15 is 0 Å². The van der Waals surface area contributed by atoms with Crippen molar-refractivity contribution in [2.45, 2.75) is 63.5 Å². The maximum absolute atomic E-state index is 14.3. The molecule has 1 aliphatic heterocycles. The van der Waals surface area contributed by atoms with Gasteiger partial charge in [0.25, 0.3) is 5.91 Å². The van der Waals surface area contributed by atoms with Crippen LogP contribution in [0.3, 0.4) is 0 Å². The molecule has 0 aromatic heterocycles. The van der Waals surface area contributed by atoms with Crippen LogP contribution in [0.15, 0.2) is 79.4 Å². The van der Waals surface area contributed by atoms with E-state index in [0.29, 0.717) is 37.4 Å². The number of carbonyl (C=O) groups excluding carboxylic acids is 2. The van der Waals surface area contributed by atoms with Crippen LogP contribution in [-0.4, -0.2) is 66.6 Å². The second-order valence-corrected chi connectivity index (χ2v) is 12.5. The third-order valence-electron chi connectivity index (χ3n) is 9.28. The molecule has 0 radical (unpaired) electrons. The lowest BCUT2D eigenvalue weighted by molar-refractivity contribution is -0.188. The summed E-state index contributed by atoms with van der Waals surface area (Å²) in [6, 6.07) is 22.4. The van der Waals surface area contributed by atoms with Crippen LogP contribution in [0.25, 0.3) is 10.8 Å². The first-order valence-electron chi connectivity index (χ1n) is 15.2. The Morgan fingerprint density at radius 2 is 1.86 bits per heavy atom. The van der Waals surface area contributed by atoms with E-state index in [1.54, 1.807) is 7.11 Å². The Labute approximate surface area is 250 Å². The number of likely N-dealkylation sites (tertiary alicyclic amines) is 1. The first-order valence-corrected chi connectivity index (χ1v) is 15.2. The van der Waals surface area contributed by atoms with Crippen molar-refractivity contribution in [3.8, 4) is 5.75 Å². The molecule has 0 spiro atoms. The molecule has 3 aromatic carbocycles. The normalized spacial score (nSPS) is 24.2. The number of hydrogen-bond donors (Lipinski definition) is 0. The van der Waals surface area contributed by atoms with Gasteiger partial charge in [0, 0.05) is 43.6 Å². The van der Waals surface area contributed by atoms with Crippen LogP contribution in [0.1, 0.15) is 62.4 Å². The van der Waals surface area contributed by atoms with Gasteiger partial charge < -0.3 is 14.4 Å². The maximum Gasteiger partial charge on any atom is 0.303 e. The summed E-state index contributed by atoms with van der Waals surface area (Å²) in [6.07, 6.45) is 4.85. The van der Waals surface area contributed by atoms with E-state index in [4.69, 9.17) is 9.47 Å². The highest BCUT2D eigenvalue weighted by Gasteiger charge is 2.61. The number of amides is 1. The number of hydrogen-bond acceptors (Lipinski definition) is 5. The fourth-order valence-electron chi connectivity index (χ4n) is 7.46. The minimum absolute atomic E-state index is 0.00721. The maximum atomic E-state index is 14.3. The molecule has 0 unspecified atom stereocenters. The average molecular weight is 569 g/mol. The van der Waals surface area contributed by atoms with E-state index in [1.807, 2.05) is 48.5 Å². The fraction of sp³-hybridized carbons (Fsp3) is 0.444. The van der Waals surface area contributed by atoms with E-state index in [1.165, 1.54) is 6.92 Å². The molecule has 6 heteroatoms. The predicted octanol–water partition coefficient (Wildman–Crippen LogP) is 6.63. The van der Waals surface area contributed by atoms with E-state index in [9.17, 15) is 9.59 Å². The highest BCUT2D eigenvalue weighted by atomic mass is 16.6. The van der Waals surface area contributed by atoms with Gasteiger partial charge in [0.15, 0.2) is 0 Å². The lowest BCUT2D eigenvalue weighted by atomic mass is 9.54. The number of rotatable bonds is 9. The smallest absolute Gasteiger partial charge is 0.303 e. The minimum Gasteiger partial charge on any atom is -0.497 e. The molecule has 1 heterocycles. The third kappa shape index (κ3) is 5.69. The van der Waals surface area contributed by atoms with Crippen molar-refractivity contribution >= 4 is 22.6 Å². The molecular formula is C36H44N2O4. The summed E-state index contributed by atoms with van der Waals surface area (Å²) in [5.74, 6) is 0.870. The summed E-state index contributed by atoms with van der Waals surface area (Å²) in [4.78, 5) is 31.5. The van der Waals surface area contributed by atoms with E-state index in [0.717, 1.165) is 48.0 Å². The van der Waals surface area contributed by atoms with Crippen LogP contribution in [0, 0.1) is 5.92 Å². The van der Waals surface area contributed by atoms with Gasteiger partial charge in [-0.1, -0.05) is 62.4 Å². The molecule has 1 aliphatic carbocycles. The predicted molar refractivity (Wildman–Crippen MR) is 168 cm³/mol. The quantitative estimate of drug-likeness (QED) is 0.214. The first-order chi connectivity index (χ1) is 20.2. The molecule has 1 amide bonds. The Morgan fingerprint density at radius 1 is 1.07 bits per heavy atom. The Morgan fingerprint density at radius 3 is 2.57 bits per heavy atom. The molecule has 1 saturated heterocycles. The Kier molecular flexibility index (Phi) is 8.74. The summed E-state index contributed by atoms with van der Waals surface area (Å²) in [5, 5.41) is 2.18. The topological polar surface area (TPSA) is 59.1 Å². The summed E-state index contributed by atoms with van der Waals surface area (Å²) >= 11 is 0. The molecule has 1 saturated carbocycles. The highest BCUT2D eigenvalue weighted by molar-refractivity contribution is 5.98. The molecule has 2 aliphatic rings. The zero-order valence-corrected chi connectivity index (χ0v) is 25.5. The molecule has 3 atom stereocenters. The van der Waals surface area contributed by atoms with Crippen molar-refractivity contribution in [2.24, 2.45) is 5.92 Å². The molecule has 0 bridgehead atoms. The van der Waals surface area contributed by atoms with E-state index in [2.05, 4.69) is 54.5 Å². The zero-order chi connectivity index (χ0) is 29.9. The van der Waals surface area contributed by atoms with Crippen LogP contribution >= 0.6 is 0 Å². The standard InChI is InChI=1S/C36H44N2O4/c1-6-19-37-20-18-35(31-12-9-13-33(22-31)41-5)23-32(16-17-36(35,25-37)42-27(4)39)38(24-26(2)3)34(40)30-15-14-28-10-7-8-11-29(28)21-30/h6-15,21-22,26,32H,1,16-20,23-25H2,2-5H3/t32-,35+,36+/m1/s1. The van der Waals surface area contributed by atoms with Gasteiger partial charge >= 0.3 is 5.97 Å². The van der Waals surface area contributed by atoms with Crippen molar-refractivity contribution in [2.75, 3.05) is 33.3 Å². The van der Waals surface area contributed by atoms with Gasteiger partial charge in [0.05, 0.1) is 7.11 Å². The van der Waals surface area contributed by atoms with Crippen molar-refractivity contribution in [3.05, 3.63) is 90.5 Å². The number of methoxy groups -OCH3 is 1. The molecule has 6 nitrogen and oxygen atoms in total. The summed E-state index contributed by atoms with van der Waals surface area (Å²) in [7, 11) is 1.68. The van der Waals surface area contributed by atoms with Gasteiger partial charge in [0.1, 0.15) is 11.4 Å². The van der Waals surface area contributed by atoms with Crippen LogP contribution in [0.2, 0.25) is 0 Å². The Bertz CT molecular complexity index is 1450. The second-order valence-electron chi connectivity index (χ2n) is 12.5. The van der Waals surface area contributed by atoms with Gasteiger partial charge in [-0.2, -0.15) is 0 Å². The zero-order valence-electron chi connectivity index (χ0n) is 25.5. The Hall–Kier alpha value is -3.64. The van der Waals surface area contributed by atoms with Crippen molar-refractivity contribution < 1.29 is 19.1 Å². The number of carbonyl (C=O) groups is 2. The SMILES string of the molecule is C=CCN1CC[C@@]2(c3cccc(OC)c3)C[C@H](N(CC(C)C)C(=O)c3ccc4ccccc4c3)CC[C@]2(OC(C)=O)C1. The van der Waals surface area contributed by atoms with Crippen molar-refractivity contribution in [3.63, 3.8) is 0 Å². The molecule has 2 fully saturated rings. The third-order valence-corrected chi connectivity index (χ3v) is 9.28. The number of fused-ring (bicyclic) bond motifs is 2. The van der Waals surface area contributed by atoms with Gasteiger partial charge in [-0.25, -0.2) is 0 Å². The highest BCUT2D eigenvalue weighted by Crippen LogP contribution is 2.55. The monoisotopic (exact) mass is 568 g/mol. The lowest BCUT2D eigenvalue weighted by Crippen LogP contribution is -2.68. The number of nitrogens with zero attached hydrogens (tertiary/aromatic N) is 2. The summed E-state index contributed by atoms with van der Waals surface area (Å²) in [5.41, 5.74) is 0.613. The molecule has 222 valence electrons. The van der Waals surface area contributed by atoms with E-state index < -0.39 is 11.0 Å². The molecule has 5 rings (SSSR count). The Balaban J connectivity index is 1.59. The molecule has 42 heavy (non-hydrogen) atoms. The van der Waals surface area contributed by atoms with Gasteiger partial charge in [-0.3, -0.25) is 14.5 Å². The largest absolute Gasteiger partial charge is 0.497 e. The summed E-state index contributed by atoms with van der Waals surface area (Å²) < 4.78 is 12.1. The number of esters is 1. The summed E-state index contributed by atoms with van der Waals surface area (Å²) in [6.45, 7) is 12.7. The van der Waals surface area contributed by atoms with Crippen LogP contribution in [0.4, 0.5) is 0 Å². The number of ether oxygens (including phenoxy) is 2. The van der Waals surface area contributed by atoms with Crippen molar-refractivity contribution in [1.29, 1.82) is 0 Å². The van der Waals surface area contributed by atoms with E-state index in [-0.39, 0.29) is 17.9 Å². The van der Waals surface area contributed by atoms with Gasteiger partial charge in [-0.05, 0) is 78.7 Å². The minimum atomic E-state index is -0.724. The molecule has 3 aromatic rings. The first kappa shape index (κ1) is 29.8. The second kappa shape index (κ2) is 12.3. The van der Waals surface area contributed by atoms with Crippen molar-refractivity contribution in [1.82, 2.24) is 9.80 Å². The van der Waals surface area contributed by atoms with Gasteiger partial charge in [-0.15, -0.1) is 6.58 Å². The fourth-order valence-corrected chi connectivity index (χ4v) is 7.46. The van der Waals surface area contributed by atoms with Crippen LogP contribution in [-0.2, 0) is 14.9 Å².